The van der Waals surface area contributed by atoms with Gasteiger partial charge in [0.15, 0.2) is 0 Å². The molecule has 4 N–H and O–H groups in total. The molecular weight excluding hydrogens is 271 g/mol. The molecule has 2 aromatic carbocycles. The highest BCUT2D eigenvalue weighted by Gasteiger charge is 2.25. The molecule has 0 aliphatic heterocycles. The maximum Gasteiger partial charge on any atom is 0.338 e. The number of nitrogens with one attached hydrogen (secondary N) is 1. The molecule has 0 aromatic heterocycles. The maximum absolute atomic E-state index is 13.7. The number of carboxylic acids is 1. The Bertz CT molecular complexity index is 715. The first-order valence-corrected chi connectivity index (χ1v) is 6.70. The van der Waals surface area contributed by atoms with E-state index in [9.17, 15) is 9.18 Å². The Morgan fingerprint density at radius 2 is 2.14 bits per heavy atom. The van der Waals surface area contributed by atoms with E-state index in [1.807, 2.05) is 12.1 Å². The number of carboxylic acid groups (broad SMARTS) is 1. The minimum Gasteiger partial charge on any atom is -0.478 e. The molecule has 0 saturated heterocycles. The largest absolute Gasteiger partial charge is 0.478 e. The summed E-state index contributed by atoms with van der Waals surface area (Å²) >= 11 is 0. The number of fused-ring (bicyclic) bond motifs is 1. The first kappa shape index (κ1) is 13.4. The highest BCUT2D eigenvalue weighted by atomic mass is 19.1. The third-order valence-electron chi connectivity index (χ3n) is 3.87. The van der Waals surface area contributed by atoms with E-state index in [0.29, 0.717) is 18.2 Å². The van der Waals surface area contributed by atoms with Crippen molar-refractivity contribution in [2.24, 2.45) is 0 Å². The SMILES string of the molecule is Nc1cc(C(=O)O)c(F)cc1NCC1Cc2ccccc21. The number of aromatic carboxylic acids is 1. The molecule has 1 aliphatic carbocycles. The standard InChI is InChI=1S/C16H15FN2O2/c17-13-7-15(14(18)6-12(13)16(20)21)19-8-10-5-9-3-1-2-4-11(9)10/h1-4,6-7,10,19H,5,8,18H2,(H,20,21). The summed E-state index contributed by atoms with van der Waals surface area (Å²) in [6.45, 7) is 0.646. The second-order valence-electron chi connectivity index (χ2n) is 5.21. The highest BCUT2D eigenvalue weighted by Crippen LogP contribution is 2.35. The van der Waals surface area contributed by atoms with Crippen LogP contribution in [-0.4, -0.2) is 17.6 Å². The Hall–Kier alpha value is -2.56. The molecule has 1 unspecified atom stereocenters. The number of carbonyl (C=O) groups is 1. The normalized spacial score (nSPS) is 16.0. The molecular formula is C16H15FN2O2. The van der Waals surface area contributed by atoms with Crippen molar-refractivity contribution >= 4 is 17.3 Å². The number of halogens is 1. The molecule has 0 fully saturated rings. The summed E-state index contributed by atoms with van der Waals surface area (Å²) < 4.78 is 13.7. The zero-order valence-electron chi connectivity index (χ0n) is 11.3. The number of benzene rings is 2. The van der Waals surface area contributed by atoms with Crippen molar-refractivity contribution in [2.75, 3.05) is 17.6 Å². The molecule has 0 spiro atoms. The van der Waals surface area contributed by atoms with Crippen LogP contribution in [0.4, 0.5) is 15.8 Å². The van der Waals surface area contributed by atoms with Crippen molar-refractivity contribution in [1.29, 1.82) is 0 Å². The van der Waals surface area contributed by atoms with Crippen molar-refractivity contribution in [2.45, 2.75) is 12.3 Å². The van der Waals surface area contributed by atoms with E-state index in [1.165, 1.54) is 11.1 Å². The third kappa shape index (κ3) is 2.42. The van der Waals surface area contributed by atoms with E-state index < -0.39 is 17.3 Å². The predicted octanol–water partition coefficient (Wildman–Crippen LogP) is 2.86. The van der Waals surface area contributed by atoms with Crippen molar-refractivity contribution in [1.82, 2.24) is 0 Å². The van der Waals surface area contributed by atoms with Gasteiger partial charge in [-0.05, 0) is 29.7 Å². The smallest absolute Gasteiger partial charge is 0.338 e. The number of hydrogen-bond acceptors (Lipinski definition) is 3. The number of nitrogen functional groups attached to an aromatic ring is 1. The van der Waals surface area contributed by atoms with Crippen molar-refractivity contribution in [3.8, 4) is 0 Å². The van der Waals surface area contributed by atoms with Crippen molar-refractivity contribution < 1.29 is 14.3 Å². The van der Waals surface area contributed by atoms with Crippen LogP contribution in [0.3, 0.4) is 0 Å². The summed E-state index contributed by atoms with van der Waals surface area (Å²) in [6, 6.07) is 10.5. The van der Waals surface area contributed by atoms with Crippen molar-refractivity contribution in [3.05, 3.63) is 58.9 Å². The summed E-state index contributed by atoms with van der Waals surface area (Å²) in [5, 5.41) is 11.9. The topological polar surface area (TPSA) is 75.4 Å². The van der Waals surface area contributed by atoms with E-state index in [4.69, 9.17) is 10.8 Å². The van der Waals surface area contributed by atoms with Crippen LogP contribution in [0.25, 0.3) is 0 Å². The van der Waals surface area contributed by atoms with Crippen LogP contribution in [0.5, 0.6) is 0 Å². The van der Waals surface area contributed by atoms with Gasteiger partial charge in [0.05, 0.1) is 16.9 Å². The summed E-state index contributed by atoms with van der Waals surface area (Å²) in [6.07, 6.45) is 0.985. The summed E-state index contributed by atoms with van der Waals surface area (Å²) in [7, 11) is 0. The minimum atomic E-state index is -1.32. The Labute approximate surface area is 121 Å². The van der Waals surface area contributed by atoms with Crippen LogP contribution < -0.4 is 11.1 Å². The van der Waals surface area contributed by atoms with Gasteiger partial charge in [0.1, 0.15) is 5.82 Å². The lowest BCUT2D eigenvalue weighted by Gasteiger charge is -2.30. The minimum absolute atomic E-state index is 0.237. The van der Waals surface area contributed by atoms with Crippen LogP contribution in [0, 0.1) is 5.82 Å². The van der Waals surface area contributed by atoms with Crippen molar-refractivity contribution in [3.63, 3.8) is 0 Å². The summed E-state index contributed by atoms with van der Waals surface area (Å²) in [4.78, 5) is 10.8. The molecule has 5 heteroatoms. The van der Waals surface area contributed by atoms with Crippen LogP contribution >= 0.6 is 0 Å². The van der Waals surface area contributed by atoms with Gasteiger partial charge in [0.2, 0.25) is 0 Å². The quantitative estimate of drug-likeness (QED) is 0.755. The predicted molar refractivity (Wildman–Crippen MR) is 79.1 cm³/mol. The van der Waals surface area contributed by atoms with E-state index in [-0.39, 0.29) is 5.69 Å². The molecule has 0 saturated carbocycles. The summed E-state index contributed by atoms with van der Waals surface area (Å²) in [5.74, 6) is -1.73. The molecule has 0 radical (unpaired) electrons. The molecule has 0 heterocycles. The van der Waals surface area contributed by atoms with Gasteiger partial charge in [0, 0.05) is 12.5 Å². The second-order valence-corrected chi connectivity index (χ2v) is 5.21. The lowest BCUT2D eigenvalue weighted by Crippen LogP contribution is -2.24. The van der Waals surface area contributed by atoms with Gasteiger partial charge >= 0.3 is 5.97 Å². The van der Waals surface area contributed by atoms with Gasteiger partial charge in [-0.1, -0.05) is 24.3 Å². The zero-order valence-corrected chi connectivity index (χ0v) is 11.3. The molecule has 0 bridgehead atoms. The molecule has 2 aromatic rings. The molecule has 1 aliphatic rings. The van der Waals surface area contributed by atoms with Gasteiger partial charge in [-0.25, -0.2) is 9.18 Å². The molecule has 21 heavy (non-hydrogen) atoms. The van der Waals surface area contributed by atoms with Gasteiger partial charge in [-0.15, -0.1) is 0 Å². The average molecular weight is 286 g/mol. The third-order valence-corrected chi connectivity index (χ3v) is 3.87. The van der Waals surface area contributed by atoms with Crippen LogP contribution in [0.2, 0.25) is 0 Å². The Balaban J connectivity index is 1.72. The van der Waals surface area contributed by atoms with Crippen LogP contribution in [-0.2, 0) is 6.42 Å². The Morgan fingerprint density at radius 3 is 2.86 bits per heavy atom. The zero-order chi connectivity index (χ0) is 15.0. The van der Waals surface area contributed by atoms with Crippen LogP contribution in [0.15, 0.2) is 36.4 Å². The lowest BCUT2D eigenvalue weighted by atomic mass is 9.77. The molecule has 4 nitrogen and oxygen atoms in total. The van der Waals surface area contributed by atoms with Crippen LogP contribution in [0.1, 0.15) is 27.4 Å². The van der Waals surface area contributed by atoms with Gasteiger partial charge in [0.25, 0.3) is 0 Å². The lowest BCUT2D eigenvalue weighted by molar-refractivity contribution is 0.0692. The van der Waals surface area contributed by atoms with Gasteiger partial charge in [-0.2, -0.15) is 0 Å². The number of nitrogens with two attached hydrogens (primary N) is 1. The number of rotatable bonds is 4. The Morgan fingerprint density at radius 1 is 1.38 bits per heavy atom. The Kier molecular flexibility index (Phi) is 3.25. The number of anilines is 2. The molecule has 3 rings (SSSR count). The van der Waals surface area contributed by atoms with E-state index in [1.54, 1.807) is 0 Å². The monoisotopic (exact) mass is 286 g/mol. The van der Waals surface area contributed by atoms with Gasteiger partial charge < -0.3 is 16.2 Å². The fourth-order valence-corrected chi connectivity index (χ4v) is 2.68. The van der Waals surface area contributed by atoms with Gasteiger partial charge in [-0.3, -0.25) is 0 Å². The summed E-state index contributed by atoms with van der Waals surface area (Å²) in [5.41, 5.74) is 8.67. The molecule has 0 amide bonds. The second kappa shape index (κ2) is 5.09. The highest BCUT2D eigenvalue weighted by molar-refractivity contribution is 5.90. The van der Waals surface area contributed by atoms with E-state index >= 15 is 0 Å². The van der Waals surface area contributed by atoms with E-state index in [0.717, 1.165) is 18.6 Å². The first-order valence-electron chi connectivity index (χ1n) is 6.70. The first-order chi connectivity index (χ1) is 10.1. The maximum atomic E-state index is 13.7. The molecule has 1 atom stereocenters. The fraction of sp³-hybridized carbons (Fsp3) is 0.188. The fourth-order valence-electron chi connectivity index (χ4n) is 2.68. The van der Waals surface area contributed by atoms with E-state index in [2.05, 4.69) is 17.4 Å². The number of hydrogen-bond donors (Lipinski definition) is 3. The molecule has 108 valence electrons. The average Bonchev–Trinajstić information content (AvgIpc) is 2.42.